The third kappa shape index (κ3) is 3.56. The van der Waals surface area contributed by atoms with Gasteiger partial charge in [0, 0.05) is 24.7 Å². The topological polar surface area (TPSA) is 55.6 Å². The Balaban J connectivity index is 1.94. The lowest BCUT2D eigenvalue weighted by atomic mass is 9.96. The van der Waals surface area contributed by atoms with Gasteiger partial charge in [-0.1, -0.05) is 0 Å². The maximum Gasteiger partial charge on any atom is 0.387 e. The van der Waals surface area contributed by atoms with E-state index in [-0.39, 0.29) is 17.6 Å². The van der Waals surface area contributed by atoms with Crippen molar-refractivity contribution >= 4 is 11.6 Å². The van der Waals surface area contributed by atoms with Crippen molar-refractivity contribution in [2.24, 2.45) is 11.7 Å². The summed E-state index contributed by atoms with van der Waals surface area (Å²) in [5.41, 5.74) is 6.21. The van der Waals surface area contributed by atoms with Crippen LogP contribution in [-0.4, -0.2) is 25.6 Å². The highest BCUT2D eigenvalue weighted by Gasteiger charge is 2.23. The number of rotatable bonds is 4. The summed E-state index contributed by atoms with van der Waals surface area (Å²) in [6.07, 6.45) is 1.45. The summed E-state index contributed by atoms with van der Waals surface area (Å²) in [7, 11) is 0. The molecule has 1 heterocycles. The van der Waals surface area contributed by atoms with E-state index in [4.69, 9.17) is 5.73 Å². The van der Waals surface area contributed by atoms with Crippen LogP contribution in [-0.2, 0) is 4.79 Å². The number of anilines is 1. The minimum Gasteiger partial charge on any atom is -0.435 e. The van der Waals surface area contributed by atoms with Gasteiger partial charge in [0.2, 0.25) is 5.91 Å². The molecule has 6 heteroatoms. The Labute approximate surface area is 110 Å². The number of hydrogen-bond acceptors (Lipinski definition) is 3. The first-order chi connectivity index (χ1) is 9.06. The van der Waals surface area contributed by atoms with Gasteiger partial charge in [-0.15, -0.1) is 0 Å². The summed E-state index contributed by atoms with van der Waals surface area (Å²) < 4.78 is 28.3. The summed E-state index contributed by atoms with van der Waals surface area (Å²) >= 11 is 0. The Bertz CT molecular complexity index is 429. The van der Waals surface area contributed by atoms with Gasteiger partial charge in [-0.2, -0.15) is 8.78 Å². The first kappa shape index (κ1) is 13.6. The van der Waals surface area contributed by atoms with E-state index in [0.29, 0.717) is 0 Å². The van der Waals surface area contributed by atoms with Crippen LogP contribution in [0, 0.1) is 5.92 Å². The van der Waals surface area contributed by atoms with Crippen molar-refractivity contribution in [3.05, 3.63) is 24.3 Å². The molecule has 0 bridgehead atoms. The Morgan fingerprint density at radius 3 is 2.32 bits per heavy atom. The fourth-order valence-corrected chi connectivity index (χ4v) is 2.26. The average Bonchev–Trinajstić information content (AvgIpc) is 2.39. The minimum absolute atomic E-state index is 0.0577. The molecule has 0 saturated carbocycles. The Hall–Kier alpha value is -1.85. The van der Waals surface area contributed by atoms with Gasteiger partial charge in [-0.3, -0.25) is 4.79 Å². The molecule has 0 radical (unpaired) electrons. The number of piperidine rings is 1. The summed E-state index contributed by atoms with van der Waals surface area (Å²) in [5, 5.41) is 0. The highest BCUT2D eigenvalue weighted by atomic mass is 19.3. The van der Waals surface area contributed by atoms with E-state index in [9.17, 15) is 13.6 Å². The summed E-state index contributed by atoms with van der Waals surface area (Å²) in [6.45, 7) is -1.33. The number of nitrogens with two attached hydrogens (primary N) is 1. The van der Waals surface area contributed by atoms with Crippen LogP contribution in [0.4, 0.5) is 14.5 Å². The van der Waals surface area contributed by atoms with Crippen molar-refractivity contribution in [3.63, 3.8) is 0 Å². The number of carbonyl (C=O) groups is 1. The second-order valence-electron chi connectivity index (χ2n) is 4.54. The second-order valence-corrected chi connectivity index (χ2v) is 4.54. The van der Waals surface area contributed by atoms with Crippen molar-refractivity contribution in [2.75, 3.05) is 18.0 Å². The van der Waals surface area contributed by atoms with E-state index in [1.807, 2.05) is 0 Å². The van der Waals surface area contributed by atoms with Crippen LogP contribution in [0.15, 0.2) is 24.3 Å². The molecule has 2 N–H and O–H groups in total. The highest BCUT2D eigenvalue weighted by molar-refractivity contribution is 5.77. The predicted molar refractivity (Wildman–Crippen MR) is 67.2 cm³/mol. The summed E-state index contributed by atoms with van der Waals surface area (Å²) in [5.74, 6) is -0.163. The fraction of sp³-hybridized carbons (Fsp3) is 0.462. The van der Waals surface area contributed by atoms with Crippen molar-refractivity contribution in [2.45, 2.75) is 19.5 Å². The molecule has 2 rings (SSSR count). The molecule has 0 atom stereocenters. The Kier molecular flexibility index (Phi) is 4.19. The molecule has 4 nitrogen and oxygen atoms in total. The lowest BCUT2D eigenvalue weighted by Crippen LogP contribution is -2.38. The number of alkyl halides is 2. The van der Waals surface area contributed by atoms with Gasteiger partial charge in [-0.25, -0.2) is 0 Å². The van der Waals surface area contributed by atoms with Crippen molar-refractivity contribution in [3.8, 4) is 5.75 Å². The first-order valence-corrected chi connectivity index (χ1v) is 6.15. The molecule has 1 fully saturated rings. The number of hydrogen-bond donors (Lipinski definition) is 1. The monoisotopic (exact) mass is 270 g/mol. The first-order valence-electron chi connectivity index (χ1n) is 6.15. The molecule has 1 aromatic carbocycles. The van der Waals surface area contributed by atoms with Gasteiger partial charge >= 0.3 is 6.61 Å². The molecule has 0 unspecified atom stereocenters. The van der Waals surface area contributed by atoms with Crippen LogP contribution in [0.1, 0.15) is 12.8 Å². The van der Waals surface area contributed by atoms with E-state index < -0.39 is 6.61 Å². The van der Waals surface area contributed by atoms with Crippen LogP contribution >= 0.6 is 0 Å². The molecule has 1 aliphatic heterocycles. The average molecular weight is 270 g/mol. The second kappa shape index (κ2) is 5.86. The van der Waals surface area contributed by atoms with Crippen LogP contribution in [0.2, 0.25) is 0 Å². The van der Waals surface area contributed by atoms with Gasteiger partial charge in [0.1, 0.15) is 5.75 Å². The van der Waals surface area contributed by atoms with Gasteiger partial charge in [0.05, 0.1) is 0 Å². The predicted octanol–water partition coefficient (Wildman–Crippen LogP) is 1.99. The molecule has 1 aliphatic rings. The third-order valence-electron chi connectivity index (χ3n) is 3.32. The van der Waals surface area contributed by atoms with Crippen LogP contribution in [0.25, 0.3) is 0 Å². The molecule has 104 valence electrons. The quantitative estimate of drug-likeness (QED) is 0.910. The van der Waals surface area contributed by atoms with Crippen LogP contribution in [0.5, 0.6) is 5.75 Å². The number of nitrogens with zero attached hydrogens (tertiary/aromatic N) is 1. The van der Waals surface area contributed by atoms with Crippen molar-refractivity contribution in [1.82, 2.24) is 0 Å². The molecule has 0 aromatic heterocycles. The number of halogens is 2. The van der Waals surface area contributed by atoms with Gasteiger partial charge < -0.3 is 15.4 Å². The lowest BCUT2D eigenvalue weighted by molar-refractivity contribution is -0.122. The molecule has 1 saturated heterocycles. The van der Waals surface area contributed by atoms with E-state index in [0.717, 1.165) is 31.6 Å². The van der Waals surface area contributed by atoms with Gasteiger partial charge in [0.15, 0.2) is 0 Å². The van der Waals surface area contributed by atoms with Crippen LogP contribution < -0.4 is 15.4 Å². The summed E-state index contributed by atoms with van der Waals surface area (Å²) in [4.78, 5) is 13.2. The highest BCUT2D eigenvalue weighted by Crippen LogP contribution is 2.25. The third-order valence-corrected chi connectivity index (χ3v) is 3.32. The van der Waals surface area contributed by atoms with Crippen molar-refractivity contribution < 1.29 is 18.3 Å². The number of primary amides is 1. The van der Waals surface area contributed by atoms with E-state index in [1.165, 1.54) is 12.1 Å². The Morgan fingerprint density at radius 2 is 1.84 bits per heavy atom. The number of amides is 1. The molecular formula is C13H16F2N2O2. The number of ether oxygens (including phenoxy) is 1. The SMILES string of the molecule is NC(=O)C1CCN(c2ccc(OC(F)F)cc2)CC1. The number of benzene rings is 1. The van der Waals surface area contributed by atoms with E-state index in [2.05, 4.69) is 9.64 Å². The number of carbonyl (C=O) groups excluding carboxylic acids is 1. The normalized spacial score (nSPS) is 16.7. The van der Waals surface area contributed by atoms with Crippen molar-refractivity contribution in [1.29, 1.82) is 0 Å². The lowest BCUT2D eigenvalue weighted by Gasteiger charge is -2.32. The smallest absolute Gasteiger partial charge is 0.387 e. The summed E-state index contributed by atoms with van der Waals surface area (Å²) in [6, 6.07) is 6.51. The molecule has 0 aliphatic carbocycles. The maximum absolute atomic E-state index is 12.0. The fourth-order valence-electron chi connectivity index (χ4n) is 2.26. The van der Waals surface area contributed by atoms with E-state index >= 15 is 0 Å². The zero-order valence-corrected chi connectivity index (χ0v) is 10.4. The molecule has 1 aromatic rings. The minimum atomic E-state index is -2.81. The van der Waals surface area contributed by atoms with E-state index in [1.54, 1.807) is 12.1 Å². The zero-order valence-electron chi connectivity index (χ0n) is 10.4. The van der Waals surface area contributed by atoms with Crippen LogP contribution in [0.3, 0.4) is 0 Å². The maximum atomic E-state index is 12.0. The van der Waals surface area contributed by atoms with Gasteiger partial charge in [0.25, 0.3) is 0 Å². The standard InChI is InChI=1S/C13H16F2N2O2/c14-13(15)19-11-3-1-10(2-4-11)17-7-5-9(6-8-17)12(16)18/h1-4,9,13H,5-8H2,(H2,16,18). The largest absolute Gasteiger partial charge is 0.435 e. The zero-order chi connectivity index (χ0) is 13.8. The molecule has 19 heavy (non-hydrogen) atoms. The molecule has 0 spiro atoms. The molecule has 1 amide bonds. The molecular weight excluding hydrogens is 254 g/mol. The van der Waals surface area contributed by atoms with Gasteiger partial charge in [-0.05, 0) is 37.1 Å². The Morgan fingerprint density at radius 1 is 1.26 bits per heavy atom.